The summed E-state index contributed by atoms with van der Waals surface area (Å²) in [6, 6.07) is 0. The van der Waals surface area contributed by atoms with Crippen molar-refractivity contribution in [1.82, 2.24) is 0 Å². The molecule has 0 amide bonds. The second-order valence-electron chi connectivity index (χ2n) is 5.25. The fourth-order valence-electron chi connectivity index (χ4n) is 1.83. The smallest absolute Gasteiger partial charge is 0.311 e. The Hall–Kier alpha value is -0.650. The minimum absolute atomic E-state index is 0.0600. The van der Waals surface area contributed by atoms with Crippen molar-refractivity contribution >= 4 is 5.97 Å². The summed E-state index contributed by atoms with van der Waals surface area (Å²) in [4.78, 5) is 11.3. The Balaban J connectivity index is 2.58. The molecular weight excluding hydrogens is 236 g/mol. The Kier molecular flexibility index (Phi) is 6.05. The molecule has 1 N–H and O–H groups in total. The van der Waals surface area contributed by atoms with Crippen LogP contribution in [0.15, 0.2) is 0 Å². The molecule has 0 saturated carbocycles. The van der Waals surface area contributed by atoms with Gasteiger partial charge in [-0.05, 0) is 20.3 Å². The van der Waals surface area contributed by atoms with Gasteiger partial charge < -0.3 is 19.3 Å². The van der Waals surface area contributed by atoms with Crippen LogP contribution in [0.25, 0.3) is 0 Å². The minimum atomic E-state index is -0.917. The largest absolute Gasteiger partial charge is 0.481 e. The lowest BCUT2D eigenvalue weighted by Crippen LogP contribution is -2.41. The highest BCUT2D eigenvalue weighted by atomic mass is 16.7. The van der Waals surface area contributed by atoms with Crippen LogP contribution in [0.4, 0.5) is 0 Å². The molecule has 1 rings (SSSR count). The van der Waals surface area contributed by atoms with Crippen molar-refractivity contribution in [3.8, 4) is 0 Å². The van der Waals surface area contributed by atoms with Crippen LogP contribution < -0.4 is 0 Å². The quantitative estimate of drug-likeness (QED) is 0.677. The van der Waals surface area contributed by atoms with Gasteiger partial charge in [0.15, 0.2) is 0 Å². The number of rotatable bonds is 8. The number of carboxylic acids is 1. The summed E-state index contributed by atoms with van der Waals surface area (Å²) in [7, 11) is 0. The molecule has 0 aliphatic carbocycles. The van der Waals surface area contributed by atoms with E-state index in [4.69, 9.17) is 14.2 Å². The molecular formula is C13H24O5. The van der Waals surface area contributed by atoms with Crippen LogP contribution in [0.3, 0.4) is 0 Å². The van der Waals surface area contributed by atoms with E-state index >= 15 is 0 Å². The molecule has 0 aromatic rings. The van der Waals surface area contributed by atoms with Crippen LogP contribution in [0, 0.1) is 5.41 Å². The number of carbonyl (C=O) groups is 1. The van der Waals surface area contributed by atoms with E-state index in [1.54, 1.807) is 13.8 Å². The molecule has 5 nitrogen and oxygen atoms in total. The number of aliphatic carboxylic acids is 1. The summed E-state index contributed by atoms with van der Waals surface area (Å²) in [6.45, 7) is 6.87. The average molecular weight is 260 g/mol. The Morgan fingerprint density at radius 2 is 2.28 bits per heavy atom. The molecule has 1 heterocycles. The first-order valence-electron chi connectivity index (χ1n) is 6.52. The molecule has 0 aromatic heterocycles. The van der Waals surface area contributed by atoms with E-state index in [2.05, 4.69) is 6.92 Å². The van der Waals surface area contributed by atoms with Crippen molar-refractivity contribution in [2.75, 3.05) is 20.0 Å². The van der Waals surface area contributed by atoms with E-state index in [0.29, 0.717) is 26.4 Å². The molecule has 1 saturated heterocycles. The van der Waals surface area contributed by atoms with E-state index in [9.17, 15) is 9.90 Å². The number of hydrogen-bond acceptors (Lipinski definition) is 4. The molecule has 1 aliphatic rings. The van der Waals surface area contributed by atoms with E-state index in [1.807, 2.05) is 0 Å². The standard InChI is InChI=1S/C13H24O5/c1-4-5-6-17-11(13(2,3)12(14)15)7-10-8-16-9-18-10/h10-11H,4-9H2,1-3H3,(H,14,15). The van der Waals surface area contributed by atoms with Gasteiger partial charge in [0.1, 0.15) is 6.79 Å². The van der Waals surface area contributed by atoms with Crippen LogP contribution in [0.1, 0.15) is 40.0 Å². The highest BCUT2D eigenvalue weighted by Crippen LogP contribution is 2.29. The lowest BCUT2D eigenvalue weighted by atomic mass is 9.83. The van der Waals surface area contributed by atoms with Gasteiger partial charge in [-0.15, -0.1) is 0 Å². The Morgan fingerprint density at radius 1 is 1.56 bits per heavy atom. The third-order valence-corrected chi connectivity index (χ3v) is 3.34. The van der Waals surface area contributed by atoms with Gasteiger partial charge in [-0.2, -0.15) is 0 Å². The van der Waals surface area contributed by atoms with Gasteiger partial charge >= 0.3 is 5.97 Å². The van der Waals surface area contributed by atoms with Crippen molar-refractivity contribution in [3.05, 3.63) is 0 Å². The summed E-state index contributed by atoms with van der Waals surface area (Å²) < 4.78 is 16.3. The van der Waals surface area contributed by atoms with E-state index in [1.165, 1.54) is 0 Å². The average Bonchev–Trinajstić information content (AvgIpc) is 2.80. The summed E-state index contributed by atoms with van der Waals surface area (Å²) in [5, 5.41) is 9.29. The number of unbranched alkanes of at least 4 members (excludes halogenated alkanes) is 1. The van der Waals surface area contributed by atoms with Crippen LogP contribution in [-0.2, 0) is 19.0 Å². The summed E-state index contributed by atoms with van der Waals surface area (Å²) >= 11 is 0. The monoisotopic (exact) mass is 260 g/mol. The normalized spacial score (nSPS) is 22.1. The van der Waals surface area contributed by atoms with Gasteiger partial charge in [-0.1, -0.05) is 13.3 Å². The van der Waals surface area contributed by atoms with Crippen LogP contribution in [0.5, 0.6) is 0 Å². The van der Waals surface area contributed by atoms with Crippen LogP contribution >= 0.6 is 0 Å². The fraction of sp³-hybridized carbons (Fsp3) is 0.923. The van der Waals surface area contributed by atoms with Crippen LogP contribution in [-0.4, -0.2) is 43.3 Å². The van der Waals surface area contributed by atoms with Gasteiger partial charge in [0.2, 0.25) is 0 Å². The number of ether oxygens (including phenoxy) is 3. The third-order valence-electron chi connectivity index (χ3n) is 3.34. The molecule has 0 aromatic carbocycles. The number of carboxylic acid groups (broad SMARTS) is 1. The van der Waals surface area contributed by atoms with Gasteiger partial charge in [-0.25, -0.2) is 0 Å². The molecule has 0 spiro atoms. The first kappa shape index (κ1) is 15.4. The maximum Gasteiger partial charge on any atom is 0.311 e. The molecule has 18 heavy (non-hydrogen) atoms. The zero-order valence-corrected chi connectivity index (χ0v) is 11.5. The van der Waals surface area contributed by atoms with Gasteiger partial charge in [0, 0.05) is 13.0 Å². The fourth-order valence-corrected chi connectivity index (χ4v) is 1.83. The minimum Gasteiger partial charge on any atom is -0.481 e. The predicted molar refractivity (Wildman–Crippen MR) is 66.4 cm³/mol. The Morgan fingerprint density at radius 3 is 2.78 bits per heavy atom. The first-order valence-corrected chi connectivity index (χ1v) is 6.52. The van der Waals surface area contributed by atoms with Gasteiger partial charge in [-0.3, -0.25) is 4.79 Å². The highest BCUT2D eigenvalue weighted by molar-refractivity contribution is 5.74. The molecule has 2 unspecified atom stereocenters. The molecule has 2 atom stereocenters. The Bertz CT molecular complexity index is 258. The van der Waals surface area contributed by atoms with Gasteiger partial charge in [0.05, 0.1) is 24.2 Å². The third kappa shape index (κ3) is 4.23. The molecule has 5 heteroatoms. The topological polar surface area (TPSA) is 65.0 Å². The summed E-state index contributed by atoms with van der Waals surface area (Å²) in [5.41, 5.74) is -0.917. The lowest BCUT2D eigenvalue weighted by Gasteiger charge is -2.31. The van der Waals surface area contributed by atoms with Crippen molar-refractivity contribution in [3.63, 3.8) is 0 Å². The van der Waals surface area contributed by atoms with Crippen molar-refractivity contribution in [1.29, 1.82) is 0 Å². The molecule has 106 valence electrons. The van der Waals surface area contributed by atoms with Crippen LogP contribution in [0.2, 0.25) is 0 Å². The molecule has 1 aliphatic heterocycles. The van der Waals surface area contributed by atoms with E-state index < -0.39 is 11.4 Å². The maximum absolute atomic E-state index is 11.3. The zero-order valence-electron chi connectivity index (χ0n) is 11.5. The Labute approximate surface area is 108 Å². The predicted octanol–water partition coefficient (Wildman–Crippen LogP) is 2.05. The summed E-state index contributed by atoms with van der Waals surface area (Å²) in [6.07, 6.45) is 2.11. The second kappa shape index (κ2) is 7.07. The van der Waals surface area contributed by atoms with Crippen molar-refractivity contribution in [2.24, 2.45) is 5.41 Å². The lowest BCUT2D eigenvalue weighted by molar-refractivity contribution is -0.158. The maximum atomic E-state index is 11.3. The zero-order chi connectivity index (χ0) is 13.6. The SMILES string of the molecule is CCCCOC(CC1COCO1)C(C)(C)C(=O)O. The first-order chi connectivity index (χ1) is 8.48. The van der Waals surface area contributed by atoms with Gasteiger partial charge in [0.25, 0.3) is 0 Å². The van der Waals surface area contributed by atoms with Crippen molar-refractivity contribution < 1.29 is 24.1 Å². The number of hydrogen-bond donors (Lipinski definition) is 1. The highest BCUT2D eigenvalue weighted by Gasteiger charge is 2.39. The molecule has 0 radical (unpaired) electrons. The molecule has 1 fully saturated rings. The van der Waals surface area contributed by atoms with E-state index in [-0.39, 0.29) is 12.2 Å². The molecule has 0 bridgehead atoms. The van der Waals surface area contributed by atoms with E-state index in [0.717, 1.165) is 12.8 Å². The van der Waals surface area contributed by atoms with Crippen molar-refractivity contribution in [2.45, 2.75) is 52.2 Å². The summed E-state index contributed by atoms with van der Waals surface area (Å²) in [5.74, 6) is -0.845. The second-order valence-corrected chi connectivity index (χ2v) is 5.25.